The fraction of sp³-hybridized carbons (Fsp3) is 0.923. The van der Waals surface area contributed by atoms with Crippen molar-refractivity contribution in [1.82, 2.24) is 16.0 Å². The Labute approximate surface area is 105 Å². The molecule has 4 nitrogen and oxygen atoms in total. The predicted octanol–water partition coefficient (Wildman–Crippen LogP) is 1.86. The number of nitrogens with one attached hydrogen (secondary N) is 3. The molecule has 1 saturated heterocycles. The van der Waals surface area contributed by atoms with E-state index in [2.05, 4.69) is 29.8 Å². The topological polar surface area (TPSA) is 53.2 Å². The van der Waals surface area contributed by atoms with E-state index in [1.54, 1.807) is 0 Å². The molecule has 1 fully saturated rings. The van der Waals surface area contributed by atoms with E-state index >= 15 is 0 Å². The number of amides is 2. The molecule has 0 aromatic heterocycles. The van der Waals surface area contributed by atoms with E-state index in [1.807, 2.05) is 0 Å². The third-order valence-corrected chi connectivity index (χ3v) is 3.55. The summed E-state index contributed by atoms with van der Waals surface area (Å²) in [5, 5.41) is 9.34. The van der Waals surface area contributed by atoms with E-state index in [0.29, 0.717) is 12.0 Å². The van der Waals surface area contributed by atoms with E-state index in [-0.39, 0.29) is 6.03 Å². The number of hydrogen-bond donors (Lipinski definition) is 3. The zero-order chi connectivity index (χ0) is 12.5. The Morgan fingerprint density at radius 3 is 2.88 bits per heavy atom. The van der Waals surface area contributed by atoms with Gasteiger partial charge >= 0.3 is 6.03 Å². The van der Waals surface area contributed by atoms with Crippen LogP contribution < -0.4 is 16.0 Å². The van der Waals surface area contributed by atoms with E-state index in [0.717, 1.165) is 32.5 Å². The lowest BCUT2D eigenvalue weighted by Crippen LogP contribution is -2.50. The van der Waals surface area contributed by atoms with Crippen molar-refractivity contribution < 1.29 is 4.79 Å². The van der Waals surface area contributed by atoms with Crippen LogP contribution in [-0.4, -0.2) is 31.7 Å². The lowest BCUT2D eigenvalue weighted by atomic mass is 9.89. The fourth-order valence-electron chi connectivity index (χ4n) is 2.39. The maximum atomic E-state index is 11.5. The van der Waals surface area contributed by atoms with Crippen LogP contribution in [0.2, 0.25) is 0 Å². The Bertz CT molecular complexity index is 221. The van der Waals surface area contributed by atoms with E-state index < -0.39 is 0 Å². The van der Waals surface area contributed by atoms with Crippen LogP contribution in [-0.2, 0) is 0 Å². The highest BCUT2D eigenvalue weighted by atomic mass is 16.2. The molecule has 0 aliphatic carbocycles. The second-order valence-electron chi connectivity index (χ2n) is 4.86. The monoisotopic (exact) mass is 241 g/mol. The van der Waals surface area contributed by atoms with Crippen molar-refractivity contribution in [3.63, 3.8) is 0 Å². The second kappa shape index (κ2) is 8.34. The number of carbonyl (C=O) groups is 1. The highest BCUT2D eigenvalue weighted by Crippen LogP contribution is 2.18. The summed E-state index contributed by atoms with van der Waals surface area (Å²) in [7, 11) is 0. The molecule has 17 heavy (non-hydrogen) atoms. The number of hydrogen-bond acceptors (Lipinski definition) is 2. The van der Waals surface area contributed by atoms with Gasteiger partial charge in [-0.1, -0.05) is 26.7 Å². The lowest BCUT2D eigenvalue weighted by molar-refractivity contribution is 0.230. The van der Waals surface area contributed by atoms with Crippen molar-refractivity contribution in [1.29, 1.82) is 0 Å². The smallest absolute Gasteiger partial charge is 0.314 e. The van der Waals surface area contributed by atoms with Crippen LogP contribution in [0.3, 0.4) is 0 Å². The van der Waals surface area contributed by atoms with Crippen molar-refractivity contribution in [2.45, 2.75) is 52.0 Å². The molecule has 4 heteroatoms. The number of rotatable bonds is 6. The third-order valence-electron chi connectivity index (χ3n) is 3.55. The summed E-state index contributed by atoms with van der Waals surface area (Å²) in [6, 6.07) is 0.423. The molecule has 0 aromatic rings. The van der Waals surface area contributed by atoms with Gasteiger partial charge in [-0.3, -0.25) is 0 Å². The second-order valence-corrected chi connectivity index (χ2v) is 4.86. The van der Waals surface area contributed by atoms with Gasteiger partial charge in [0.25, 0.3) is 0 Å². The van der Waals surface area contributed by atoms with Gasteiger partial charge in [0.05, 0.1) is 0 Å². The largest absolute Gasteiger partial charge is 0.338 e. The van der Waals surface area contributed by atoms with Crippen molar-refractivity contribution in [3.8, 4) is 0 Å². The quantitative estimate of drug-likeness (QED) is 0.622. The molecule has 1 aliphatic rings. The minimum Gasteiger partial charge on any atom is -0.338 e. The summed E-state index contributed by atoms with van der Waals surface area (Å²) >= 11 is 0. The van der Waals surface area contributed by atoms with Crippen LogP contribution in [0.5, 0.6) is 0 Å². The Hall–Kier alpha value is -0.770. The molecule has 0 saturated carbocycles. The van der Waals surface area contributed by atoms with Gasteiger partial charge in [-0.05, 0) is 31.7 Å². The van der Waals surface area contributed by atoms with Crippen LogP contribution in [0.4, 0.5) is 4.79 Å². The predicted molar refractivity (Wildman–Crippen MR) is 71.1 cm³/mol. The zero-order valence-corrected chi connectivity index (χ0v) is 11.2. The number of carbonyl (C=O) groups excluding carboxylic acids is 1. The highest BCUT2D eigenvalue weighted by molar-refractivity contribution is 5.73. The van der Waals surface area contributed by atoms with Gasteiger partial charge in [-0.2, -0.15) is 0 Å². The minimum absolute atomic E-state index is 0.0272. The van der Waals surface area contributed by atoms with E-state index in [1.165, 1.54) is 19.3 Å². The third kappa shape index (κ3) is 5.39. The molecule has 1 rings (SSSR count). The van der Waals surface area contributed by atoms with Gasteiger partial charge < -0.3 is 16.0 Å². The van der Waals surface area contributed by atoms with Crippen molar-refractivity contribution in [2.75, 3.05) is 19.6 Å². The Morgan fingerprint density at radius 1 is 1.35 bits per heavy atom. The molecular formula is C13H27N3O. The zero-order valence-electron chi connectivity index (χ0n) is 11.2. The van der Waals surface area contributed by atoms with Gasteiger partial charge in [0.15, 0.2) is 0 Å². The number of unbranched alkanes of at least 4 members (excludes halogenated alkanes) is 1. The van der Waals surface area contributed by atoms with E-state index in [4.69, 9.17) is 0 Å². The van der Waals surface area contributed by atoms with Crippen molar-refractivity contribution in [2.24, 2.45) is 5.92 Å². The maximum Gasteiger partial charge on any atom is 0.314 e. The summed E-state index contributed by atoms with van der Waals surface area (Å²) in [5.41, 5.74) is 0. The van der Waals surface area contributed by atoms with Crippen LogP contribution in [0, 0.1) is 5.92 Å². The first-order chi connectivity index (χ1) is 8.27. The average Bonchev–Trinajstić information content (AvgIpc) is 2.37. The summed E-state index contributed by atoms with van der Waals surface area (Å²) < 4.78 is 0. The van der Waals surface area contributed by atoms with E-state index in [9.17, 15) is 4.79 Å². The molecule has 0 spiro atoms. The Balaban J connectivity index is 2.17. The summed E-state index contributed by atoms with van der Waals surface area (Å²) in [6.07, 6.45) is 5.90. The van der Waals surface area contributed by atoms with Crippen LogP contribution in [0.15, 0.2) is 0 Å². The summed E-state index contributed by atoms with van der Waals surface area (Å²) in [5.74, 6) is 0.708. The number of urea groups is 1. The molecular weight excluding hydrogens is 214 g/mol. The SMILES string of the molecule is CCCCNC(=O)NCC1NCCCC1CC. The molecule has 1 aliphatic heterocycles. The first-order valence-electron chi connectivity index (χ1n) is 7.03. The van der Waals surface area contributed by atoms with Crippen molar-refractivity contribution in [3.05, 3.63) is 0 Å². The fourth-order valence-corrected chi connectivity index (χ4v) is 2.39. The van der Waals surface area contributed by atoms with Crippen molar-refractivity contribution >= 4 is 6.03 Å². The normalized spacial score (nSPS) is 24.4. The van der Waals surface area contributed by atoms with Crippen LogP contribution >= 0.6 is 0 Å². The molecule has 2 atom stereocenters. The standard InChI is InChI=1S/C13H27N3O/c1-3-5-8-15-13(17)16-10-12-11(4-2)7-6-9-14-12/h11-12,14H,3-10H2,1-2H3,(H2,15,16,17). The molecule has 2 unspecified atom stereocenters. The summed E-state index contributed by atoms with van der Waals surface area (Å²) in [6.45, 7) is 6.96. The van der Waals surface area contributed by atoms with Gasteiger partial charge in [-0.15, -0.1) is 0 Å². The van der Waals surface area contributed by atoms with Crippen LogP contribution in [0.25, 0.3) is 0 Å². The van der Waals surface area contributed by atoms with Gasteiger partial charge in [-0.25, -0.2) is 4.79 Å². The molecule has 1 heterocycles. The number of piperidine rings is 1. The first kappa shape index (κ1) is 14.3. The first-order valence-corrected chi connectivity index (χ1v) is 7.03. The Morgan fingerprint density at radius 2 is 2.18 bits per heavy atom. The van der Waals surface area contributed by atoms with Gasteiger partial charge in [0, 0.05) is 19.1 Å². The summed E-state index contributed by atoms with van der Waals surface area (Å²) in [4.78, 5) is 11.5. The molecule has 0 aromatic carbocycles. The molecule has 2 amide bonds. The molecule has 0 bridgehead atoms. The maximum absolute atomic E-state index is 11.5. The lowest BCUT2D eigenvalue weighted by Gasteiger charge is -2.32. The molecule has 100 valence electrons. The highest BCUT2D eigenvalue weighted by Gasteiger charge is 2.23. The Kier molecular flexibility index (Phi) is 7.01. The van der Waals surface area contributed by atoms with Gasteiger partial charge in [0.2, 0.25) is 0 Å². The minimum atomic E-state index is -0.0272. The molecule has 3 N–H and O–H groups in total. The van der Waals surface area contributed by atoms with Crippen LogP contribution in [0.1, 0.15) is 46.0 Å². The van der Waals surface area contributed by atoms with Gasteiger partial charge in [0.1, 0.15) is 0 Å². The molecule has 0 radical (unpaired) electrons. The average molecular weight is 241 g/mol.